The van der Waals surface area contributed by atoms with Gasteiger partial charge in [0, 0.05) is 13.2 Å². The number of methoxy groups -OCH3 is 1. The summed E-state index contributed by atoms with van der Waals surface area (Å²) in [5, 5.41) is 2.78. The summed E-state index contributed by atoms with van der Waals surface area (Å²) < 4.78 is 12.1. The summed E-state index contributed by atoms with van der Waals surface area (Å²) in [4.78, 5) is 11.7. The van der Waals surface area contributed by atoms with Crippen molar-refractivity contribution in [3.8, 4) is 5.75 Å². The van der Waals surface area contributed by atoms with Crippen molar-refractivity contribution >= 4 is 37.8 Å². The minimum absolute atomic E-state index is 0.0334. The van der Waals surface area contributed by atoms with Crippen LogP contribution in [0.5, 0.6) is 5.75 Å². The number of ether oxygens (including phenoxy) is 2. The van der Waals surface area contributed by atoms with Crippen LogP contribution in [0, 0.1) is 6.92 Å². The molecule has 1 N–H and O–H groups in total. The van der Waals surface area contributed by atoms with Gasteiger partial charge in [0.1, 0.15) is 5.75 Å². The lowest BCUT2D eigenvalue weighted by molar-refractivity contribution is -0.124. The monoisotopic (exact) mass is 393 g/mol. The van der Waals surface area contributed by atoms with Gasteiger partial charge in [-0.15, -0.1) is 0 Å². The Morgan fingerprint density at radius 1 is 1.37 bits per heavy atom. The predicted molar refractivity (Wildman–Crippen MR) is 81.6 cm³/mol. The van der Waals surface area contributed by atoms with Gasteiger partial charge in [0.15, 0.2) is 6.61 Å². The van der Waals surface area contributed by atoms with E-state index in [1.165, 1.54) is 0 Å². The third-order valence-electron chi connectivity index (χ3n) is 2.31. The number of nitrogens with one attached hydrogen (secondary N) is 1. The molecule has 0 aliphatic rings. The van der Waals surface area contributed by atoms with Crippen LogP contribution in [0.2, 0.25) is 0 Å². The molecule has 0 bridgehead atoms. The van der Waals surface area contributed by atoms with Crippen LogP contribution in [0.25, 0.3) is 0 Å². The molecule has 1 rings (SSSR count). The zero-order valence-corrected chi connectivity index (χ0v) is 14.3. The van der Waals surface area contributed by atoms with Crippen LogP contribution in [-0.2, 0) is 9.53 Å². The fourth-order valence-electron chi connectivity index (χ4n) is 1.57. The molecule has 0 spiro atoms. The SMILES string of the molecule is COCC(C)NC(=O)COc1c(Br)cc(C)cc1Br. The van der Waals surface area contributed by atoms with Crippen LogP contribution in [0.3, 0.4) is 0 Å². The summed E-state index contributed by atoms with van der Waals surface area (Å²) in [6, 6.07) is 3.84. The van der Waals surface area contributed by atoms with Gasteiger partial charge >= 0.3 is 0 Å². The standard InChI is InChI=1S/C13H17Br2NO3/c1-8-4-10(14)13(11(15)5-8)19-7-12(17)16-9(2)6-18-3/h4-5,9H,6-7H2,1-3H3,(H,16,17). The fourth-order valence-corrected chi connectivity index (χ4v) is 3.21. The number of benzene rings is 1. The minimum Gasteiger partial charge on any atom is -0.481 e. The van der Waals surface area contributed by atoms with E-state index in [-0.39, 0.29) is 18.6 Å². The minimum atomic E-state index is -0.177. The molecule has 0 saturated carbocycles. The van der Waals surface area contributed by atoms with Gasteiger partial charge in [0.2, 0.25) is 0 Å². The van der Waals surface area contributed by atoms with Gasteiger partial charge in [-0.25, -0.2) is 0 Å². The molecule has 1 aromatic rings. The Labute approximate surface area is 130 Å². The van der Waals surface area contributed by atoms with Crippen LogP contribution in [0.4, 0.5) is 0 Å². The van der Waals surface area contributed by atoms with E-state index in [2.05, 4.69) is 37.2 Å². The maximum atomic E-state index is 11.7. The smallest absolute Gasteiger partial charge is 0.258 e. The van der Waals surface area contributed by atoms with Gasteiger partial charge in [0.25, 0.3) is 5.91 Å². The Balaban J connectivity index is 2.55. The molecular formula is C13H17Br2NO3. The number of aryl methyl sites for hydroxylation is 1. The zero-order chi connectivity index (χ0) is 14.4. The lowest BCUT2D eigenvalue weighted by atomic mass is 10.2. The van der Waals surface area contributed by atoms with Gasteiger partial charge < -0.3 is 14.8 Å². The van der Waals surface area contributed by atoms with Gasteiger partial charge in [0.05, 0.1) is 15.6 Å². The average Bonchev–Trinajstić information content (AvgIpc) is 2.27. The molecule has 0 aliphatic carbocycles. The number of hydrogen-bond donors (Lipinski definition) is 1. The lowest BCUT2D eigenvalue weighted by Crippen LogP contribution is -2.38. The average molecular weight is 395 g/mol. The van der Waals surface area contributed by atoms with E-state index in [0.717, 1.165) is 14.5 Å². The first-order chi connectivity index (χ1) is 8.93. The Kier molecular flexibility index (Phi) is 6.82. The molecule has 106 valence electrons. The van der Waals surface area contributed by atoms with Crippen molar-refractivity contribution in [2.24, 2.45) is 0 Å². The highest BCUT2D eigenvalue weighted by molar-refractivity contribution is 9.11. The van der Waals surface area contributed by atoms with Crippen molar-refractivity contribution in [2.75, 3.05) is 20.3 Å². The third kappa shape index (κ3) is 5.50. The second kappa shape index (κ2) is 7.87. The second-order valence-electron chi connectivity index (χ2n) is 4.27. The van der Waals surface area contributed by atoms with E-state index in [4.69, 9.17) is 9.47 Å². The Morgan fingerprint density at radius 3 is 2.47 bits per heavy atom. The molecule has 1 unspecified atom stereocenters. The molecule has 19 heavy (non-hydrogen) atoms. The van der Waals surface area contributed by atoms with Crippen molar-refractivity contribution in [1.82, 2.24) is 5.32 Å². The van der Waals surface area contributed by atoms with Gasteiger partial charge in [-0.1, -0.05) is 0 Å². The Morgan fingerprint density at radius 2 is 1.95 bits per heavy atom. The molecule has 6 heteroatoms. The van der Waals surface area contributed by atoms with Gasteiger partial charge in [-0.05, 0) is 63.4 Å². The first-order valence-electron chi connectivity index (χ1n) is 5.80. The van der Waals surface area contributed by atoms with Crippen LogP contribution >= 0.6 is 31.9 Å². The van der Waals surface area contributed by atoms with Gasteiger partial charge in [-0.3, -0.25) is 4.79 Å². The molecule has 1 atom stereocenters. The molecular weight excluding hydrogens is 378 g/mol. The van der Waals surface area contributed by atoms with Crippen LogP contribution in [0.1, 0.15) is 12.5 Å². The van der Waals surface area contributed by atoms with Crippen molar-refractivity contribution in [1.29, 1.82) is 0 Å². The van der Waals surface area contributed by atoms with Crippen LogP contribution < -0.4 is 10.1 Å². The maximum Gasteiger partial charge on any atom is 0.258 e. The maximum absolute atomic E-state index is 11.7. The number of rotatable bonds is 6. The highest BCUT2D eigenvalue weighted by atomic mass is 79.9. The molecule has 0 fully saturated rings. The van der Waals surface area contributed by atoms with E-state index in [1.807, 2.05) is 26.0 Å². The van der Waals surface area contributed by atoms with E-state index in [9.17, 15) is 4.79 Å². The summed E-state index contributed by atoms with van der Waals surface area (Å²) >= 11 is 6.83. The largest absolute Gasteiger partial charge is 0.481 e. The van der Waals surface area contributed by atoms with E-state index in [0.29, 0.717) is 12.4 Å². The quantitative estimate of drug-likeness (QED) is 0.806. The summed E-state index contributed by atoms with van der Waals surface area (Å²) in [5.74, 6) is 0.448. The molecule has 0 aromatic heterocycles. The molecule has 0 heterocycles. The molecule has 0 aliphatic heterocycles. The lowest BCUT2D eigenvalue weighted by Gasteiger charge is -2.14. The first-order valence-corrected chi connectivity index (χ1v) is 7.39. The van der Waals surface area contributed by atoms with Crippen molar-refractivity contribution in [3.05, 3.63) is 26.6 Å². The number of amides is 1. The molecule has 4 nitrogen and oxygen atoms in total. The van der Waals surface area contributed by atoms with Gasteiger partial charge in [-0.2, -0.15) is 0 Å². The highest BCUT2D eigenvalue weighted by Crippen LogP contribution is 2.34. The summed E-state index contributed by atoms with van der Waals surface area (Å²) in [6.45, 7) is 4.30. The third-order valence-corrected chi connectivity index (χ3v) is 3.49. The Hall–Kier alpha value is -0.590. The summed E-state index contributed by atoms with van der Waals surface area (Å²) in [6.07, 6.45) is 0. The molecule has 0 radical (unpaired) electrons. The van der Waals surface area contributed by atoms with Crippen molar-refractivity contribution in [3.63, 3.8) is 0 Å². The summed E-state index contributed by atoms with van der Waals surface area (Å²) in [5.41, 5.74) is 1.10. The van der Waals surface area contributed by atoms with E-state index < -0.39 is 0 Å². The second-order valence-corrected chi connectivity index (χ2v) is 5.98. The summed E-state index contributed by atoms with van der Waals surface area (Å²) in [7, 11) is 1.60. The Bertz CT molecular complexity index is 429. The zero-order valence-electron chi connectivity index (χ0n) is 11.1. The van der Waals surface area contributed by atoms with Crippen molar-refractivity contribution < 1.29 is 14.3 Å². The normalized spacial score (nSPS) is 12.1. The first kappa shape index (κ1) is 16.5. The number of carbonyl (C=O) groups is 1. The van der Waals surface area contributed by atoms with E-state index in [1.54, 1.807) is 7.11 Å². The number of hydrogen-bond acceptors (Lipinski definition) is 3. The number of carbonyl (C=O) groups excluding carboxylic acids is 1. The topological polar surface area (TPSA) is 47.6 Å². The molecule has 1 aromatic carbocycles. The molecule has 1 amide bonds. The fraction of sp³-hybridized carbons (Fsp3) is 0.462. The van der Waals surface area contributed by atoms with Crippen LogP contribution in [0.15, 0.2) is 21.1 Å². The number of halogens is 2. The predicted octanol–water partition coefficient (Wildman–Crippen LogP) is 3.05. The van der Waals surface area contributed by atoms with E-state index >= 15 is 0 Å². The molecule has 0 saturated heterocycles. The van der Waals surface area contributed by atoms with Crippen molar-refractivity contribution in [2.45, 2.75) is 19.9 Å². The highest BCUT2D eigenvalue weighted by Gasteiger charge is 2.11. The van der Waals surface area contributed by atoms with Crippen LogP contribution in [-0.4, -0.2) is 32.3 Å².